The Morgan fingerprint density at radius 2 is 2.14 bits per heavy atom. The van der Waals surface area contributed by atoms with Crippen LogP contribution in [-0.2, 0) is 6.54 Å². The summed E-state index contributed by atoms with van der Waals surface area (Å²) in [5, 5.41) is 5.49. The van der Waals surface area contributed by atoms with E-state index in [1.165, 1.54) is 16.9 Å². The highest BCUT2D eigenvalue weighted by atomic mass is 32.1. The minimum Gasteiger partial charge on any atom is -0.328 e. The molecule has 0 fully saturated rings. The van der Waals surface area contributed by atoms with Crippen LogP contribution in [0.3, 0.4) is 0 Å². The molecule has 0 radical (unpaired) electrons. The van der Waals surface area contributed by atoms with Crippen molar-refractivity contribution in [3.8, 4) is 0 Å². The van der Waals surface area contributed by atoms with Gasteiger partial charge in [0, 0.05) is 30.9 Å². The van der Waals surface area contributed by atoms with Crippen LogP contribution < -0.4 is 10.2 Å². The van der Waals surface area contributed by atoms with E-state index < -0.39 is 0 Å². The molecule has 0 atom stereocenters. The van der Waals surface area contributed by atoms with Gasteiger partial charge in [0.25, 0.3) is 0 Å². The number of imidazole rings is 1. The number of nitrogens with zero attached hydrogens (tertiary/aromatic N) is 3. The van der Waals surface area contributed by atoms with Crippen molar-refractivity contribution in [2.45, 2.75) is 20.4 Å². The molecule has 0 aliphatic heterocycles. The van der Waals surface area contributed by atoms with Crippen molar-refractivity contribution < 1.29 is 0 Å². The second-order valence-electron chi connectivity index (χ2n) is 5.06. The Morgan fingerprint density at radius 1 is 1.33 bits per heavy atom. The van der Waals surface area contributed by atoms with E-state index in [0.29, 0.717) is 0 Å². The zero-order valence-electron chi connectivity index (χ0n) is 12.6. The lowest BCUT2D eigenvalue weighted by molar-refractivity contribution is 0.706. The largest absolute Gasteiger partial charge is 0.328 e. The SMILES string of the molecule is CCNCc1c(N(C)c2ccccc2C)nc2sccn12. The molecule has 21 heavy (non-hydrogen) atoms. The summed E-state index contributed by atoms with van der Waals surface area (Å²) < 4.78 is 2.18. The molecule has 1 aromatic carbocycles. The van der Waals surface area contributed by atoms with Crippen LogP contribution in [0.2, 0.25) is 0 Å². The van der Waals surface area contributed by atoms with Crippen molar-refractivity contribution in [3.05, 3.63) is 47.1 Å². The Bertz CT molecular complexity index is 744. The van der Waals surface area contributed by atoms with Gasteiger partial charge in [-0.2, -0.15) is 0 Å². The van der Waals surface area contributed by atoms with Gasteiger partial charge in [-0.25, -0.2) is 4.98 Å². The molecule has 110 valence electrons. The molecule has 4 nitrogen and oxygen atoms in total. The molecule has 0 aliphatic carbocycles. The maximum atomic E-state index is 4.81. The molecular weight excluding hydrogens is 280 g/mol. The minimum atomic E-state index is 0.819. The highest BCUT2D eigenvalue weighted by molar-refractivity contribution is 7.15. The Kier molecular flexibility index (Phi) is 3.94. The zero-order chi connectivity index (χ0) is 14.8. The quantitative estimate of drug-likeness (QED) is 0.781. The number of aryl methyl sites for hydroxylation is 1. The summed E-state index contributed by atoms with van der Waals surface area (Å²) in [5.74, 6) is 1.03. The van der Waals surface area contributed by atoms with Gasteiger partial charge < -0.3 is 10.2 Å². The summed E-state index contributed by atoms with van der Waals surface area (Å²) in [6.07, 6.45) is 2.09. The maximum absolute atomic E-state index is 4.81. The predicted molar refractivity (Wildman–Crippen MR) is 89.7 cm³/mol. The van der Waals surface area contributed by atoms with E-state index in [1.54, 1.807) is 11.3 Å². The molecule has 0 aliphatic rings. The molecular formula is C16H20N4S. The first kappa shape index (κ1) is 14.1. The van der Waals surface area contributed by atoms with Crippen LogP contribution in [0.15, 0.2) is 35.8 Å². The summed E-state index contributed by atoms with van der Waals surface area (Å²) in [4.78, 5) is 8.03. The topological polar surface area (TPSA) is 32.6 Å². The molecule has 0 saturated heterocycles. The fourth-order valence-electron chi connectivity index (χ4n) is 2.55. The normalized spacial score (nSPS) is 11.2. The minimum absolute atomic E-state index is 0.819. The predicted octanol–water partition coefficient (Wildman–Crippen LogP) is 3.58. The molecule has 1 N–H and O–H groups in total. The third kappa shape index (κ3) is 2.54. The van der Waals surface area contributed by atoms with Crippen LogP contribution in [0.25, 0.3) is 4.96 Å². The van der Waals surface area contributed by atoms with E-state index in [2.05, 4.69) is 71.4 Å². The number of anilines is 2. The van der Waals surface area contributed by atoms with Crippen molar-refractivity contribution in [2.75, 3.05) is 18.5 Å². The van der Waals surface area contributed by atoms with E-state index in [0.717, 1.165) is 23.9 Å². The first-order valence-electron chi connectivity index (χ1n) is 7.17. The van der Waals surface area contributed by atoms with Crippen molar-refractivity contribution in [1.82, 2.24) is 14.7 Å². The lowest BCUT2D eigenvalue weighted by Crippen LogP contribution is -2.18. The Morgan fingerprint density at radius 3 is 2.90 bits per heavy atom. The summed E-state index contributed by atoms with van der Waals surface area (Å²) in [6, 6.07) is 8.41. The third-order valence-corrected chi connectivity index (χ3v) is 4.43. The van der Waals surface area contributed by atoms with Crippen LogP contribution in [0.1, 0.15) is 18.2 Å². The first-order chi connectivity index (χ1) is 10.2. The number of nitrogens with one attached hydrogen (secondary N) is 1. The van der Waals surface area contributed by atoms with Gasteiger partial charge in [0.05, 0.1) is 5.69 Å². The van der Waals surface area contributed by atoms with Crippen LogP contribution in [-0.4, -0.2) is 23.0 Å². The molecule has 5 heteroatoms. The van der Waals surface area contributed by atoms with Gasteiger partial charge in [0.15, 0.2) is 10.8 Å². The number of para-hydroxylation sites is 1. The van der Waals surface area contributed by atoms with E-state index in [-0.39, 0.29) is 0 Å². The van der Waals surface area contributed by atoms with Crippen LogP contribution >= 0.6 is 11.3 Å². The summed E-state index contributed by atoms with van der Waals surface area (Å²) in [5.41, 5.74) is 3.66. The lowest BCUT2D eigenvalue weighted by atomic mass is 10.2. The summed E-state index contributed by atoms with van der Waals surface area (Å²) in [6.45, 7) is 6.02. The van der Waals surface area contributed by atoms with E-state index in [4.69, 9.17) is 4.98 Å². The molecule has 3 aromatic rings. The first-order valence-corrected chi connectivity index (χ1v) is 8.04. The van der Waals surface area contributed by atoms with E-state index in [1.807, 2.05) is 0 Å². The smallest absolute Gasteiger partial charge is 0.195 e. The molecule has 2 heterocycles. The Labute approximate surface area is 129 Å². The Hall–Kier alpha value is -1.85. The number of thiazole rings is 1. The number of benzene rings is 1. The van der Waals surface area contributed by atoms with Gasteiger partial charge >= 0.3 is 0 Å². The van der Waals surface area contributed by atoms with Crippen molar-refractivity contribution >= 4 is 27.8 Å². The molecule has 3 rings (SSSR count). The molecule has 0 amide bonds. The van der Waals surface area contributed by atoms with Crippen LogP contribution in [0, 0.1) is 6.92 Å². The van der Waals surface area contributed by atoms with Crippen LogP contribution in [0.5, 0.6) is 0 Å². The number of hydrogen-bond acceptors (Lipinski definition) is 4. The monoisotopic (exact) mass is 300 g/mol. The average Bonchev–Trinajstić information content (AvgIpc) is 3.06. The van der Waals surface area contributed by atoms with Gasteiger partial charge in [-0.15, -0.1) is 11.3 Å². The number of hydrogen-bond donors (Lipinski definition) is 1. The van der Waals surface area contributed by atoms with Gasteiger partial charge in [0.2, 0.25) is 0 Å². The van der Waals surface area contributed by atoms with E-state index >= 15 is 0 Å². The van der Waals surface area contributed by atoms with Crippen molar-refractivity contribution in [3.63, 3.8) is 0 Å². The Balaban J connectivity index is 2.06. The van der Waals surface area contributed by atoms with Crippen molar-refractivity contribution in [1.29, 1.82) is 0 Å². The summed E-state index contributed by atoms with van der Waals surface area (Å²) >= 11 is 1.67. The highest BCUT2D eigenvalue weighted by Gasteiger charge is 2.18. The average molecular weight is 300 g/mol. The van der Waals surface area contributed by atoms with Crippen LogP contribution in [0.4, 0.5) is 11.5 Å². The standard InChI is InChI=1S/C16H20N4S/c1-4-17-11-14-15(18-16-20(14)9-10-21-16)19(3)13-8-6-5-7-12(13)2/h5-10,17H,4,11H2,1-3H3. The molecule has 0 spiro atoms. The summed E-state index contributed by atoms with van der Waals surface area (Å²) in [7, 11) is 2.09. The molecule has 2 aromatic heterocycles. The van der Waals surface area contributed by atoms with Gasteiger partial charge in [0.1, 0.15) is 0 Å². The van der Waals surface area contributed by atoms with Crippen molar-refractivity contribution in [2.24, 2.45) is 0 Å². The number of fused-ring (bicyclic) bond motifs is 1. The van der Waals surface area contributed by atoms with Gasteiger partial charge in [-0.05, 0) is 25.1 Å². The third-order valence-electron chi connectivity index (χ3n) is 3.68. The molecule has 0 bridgehead atoms. The fourth-order valence-corrected chi connectivity index (χ4v) is 3.28. The van der Waals surface area contributed by atoms with Gasteiger partial charge in [-0.3, -0.25) is 4.40 Å². The molecule has 0 saturated carbocycles. The van der Waals surface area contributed by atoms with E-state index in [9.17, 15) is 0 Å². The number of rotatable bonds is 5. The fraction of sp³-hybridized carbons (Fsp3) is 0.312. The molecule has 0 unspecified atom stereocenters. The number of aromatic nitrogens is 2. The second kappa shape index (κ2) is 5.87. The second-order valence-corrected chi connectivity index (χ2v) is 5.94. The lowest BCUT2D eigenvalue weighted by Gasteiger charge is -2.20. The van der Waals surface area contributed by atoms with Gasteiger partial charge in [-0.1, -0.05) is 25.1 Å². The highest BCUT2D eigenvalue weighted by Crippen LogP contribution is 2.30. The zero-order valence-corrected chi connectivity index (χ0v) is 13.4. The maximum Gasteiger partial charge on any atom is 0.195 e.